The Kier molecular flexibility index (Phi) is 6.69. The maximum absolute atomic E-state index is 13.7. The van der Waals surface area contributed by atoms with Crippen LogP contribution < -0.4 is 14.4 Å². The number of nitrogens with zero attached hydrogens (tertiary/aromatic N) is 3. The van der Waals surface area contributed by atoms with Gasteiger partial charge in [0.05, 0.1) is 23.4 Å². The Morgan fingerprint density at radius 3 is 2.73 bits per heavy atom. The average molecular weight is 488 g/mol. The van der Waals surface area contributed by atoms with E-state index in [4.69, 9.17) is 30.8 Å². The molecule has 2 aromatic carbocycles. The molecule has 0 spiro atoms. The van der Waals surface area contributed by atoms with E-state index < -0.39 is 0 Å². The third kappa shape index (κ3) is 4.80. The fourth-order valence-corrected chi connectivity index (χ4v) is 5.30. The van der Waals surface area contributed by atoms with Crippen LogP contribution in [0.3, 0.4) is 0 Å². The van der Waals surface area contributed by atoms with Gasteiger partial charge in [-0.2, -0.15) is 0 Å². The zero-order valence-electron chi connectivity index (χ0n) is 18.5. The van der Waals surface area contributed by atoms with Crippen molar-refractivity contribution in [3.63, 3.8) is 0 Å². The summed E-state index contributed by atoms with van der Waals surface area (Å²) >= 11 is 7.83. The summed E-state index contributed by atoms with van der Waals surface area (Å²) in [5, 5.41) is 1.36. The first-order chi connectivity index (χ1) is 16.1. The summed E-state index contributed by atoms with van der Waals surface area (Å²) in [7, 11) is 0. The molecule has 0 bridgehead atoms. The molecule has 33 heavy (non-hydrogen) atoms. The van der Waals surface area contributed by atoms with Crippen molar-refractivity contribution < 1.29 is 19.0 Å². The molecule has 2 aliphatic rings. The molecule has 2 aliphatic heterocycles. The number of carbonyl (C=O) groups excluding carboxylic acids is 1. The summed E-state index contributed by atoms with van der Waals surface area (Å²) in [4.78, 5) is 22.7. The van der Waals surface area contributed by atoms with E-state index in [0.29, 0.717) is 47.0 Å². The van der Waals surface area contributed by atoms with Gasteiger partial charge in [0.1, 0.15) is 13.2 Å². The normalized spacial score (nSPS) is 16.2. The minimum atomic E-state index is -0.100. The molecule has 0 saturated carbocycles. The van der Waals surface area contributed by atoms with Crippen LogP contribution in [0, 0.1) is 6.92 Å². The number of rotatable bonds is 6. The van der Waals surface area contributed by atoms with Gasteiger partial charge in [-0.1, -0.05) is 22.9 Å². The van der Waals surface area contributed by atoms with Gasteiger partial charge in [-0.05, 0) is 49.2 Å². The van der Waals surface area contributed by atoms with E-state index in [1.54, 1.807) is 23.1 Å². The Labute approximate surface area is 201 Å². The number of hydrogen-bond donors (Lipinski definition) is 0. The van der Waals surface area contributed by atoms with Crippen molar-refractivity contribution in [2.24, 2.45) is 0 Å². The Bertz CT molecular complexity index is 1160. The van der Waals surface area contributed by atoms with Crippen molar-refractivity contribution in [3.05, 3.63) is 46.5 Å². The molecule has 1 saturated heterocycles. The van der Waals surface area contributed by atoms with Crippen molar-refractivity contribution in [3.8, 4) is 11.5 Å². The van der Waals surface area contributed by atoms with E-state index in [0.717, 1.165) is 55.0 Å². The molecule has 0 radical (unpaired) electrons. The van der Waals surface area contributed by atoms with Crippen LogP contribution in [0.5, 0.6) is 11.5 Å². The van der Waals surface area contributed by atoms with Crippen LogP contribution in [0.25, 0.3) is 10.2 Å². The molecule has 0 N–H and O–H groups in total. The first kappa shape index (κ1) is 22.4. The third-order valence-corrected chi connectivity index (χ3v) is 7.41. The smallest absolute Gasteiger partial charge is 0.260 e. The summed E-state index contributed by atoms with van der Waals surface area (Å²) in [5.41, 5.74) is 2.33. The van der Waals surface area contributed by atoms with Crippen molar-refractivity contribution in [2.45, 2.75) is 13.3 Å². The first-order valence-electron chi connectivity index (χ1n) is 11.2. The van der Waals surface area contributed by atoms with Crippen molar-refractivity contribution in [1.82, 2.24) is 9.88 Å². The van der Waals surface area contributed by atoms with Gasteiger partial charge in [-0.25, -0.2) is 4.98 Å². The number of morpholine rings is 1. The molecule has 3 heterocycles. The number of thiazole rings is 1. The lowest BCUT2D eigenvalue weighted by molar-refractivity contribution is 0.0376. The summed E-state index contributed by atoms with van der Waals surface area (Å²) in [5.74, 6) is 1.17. The number of halogens is 1. The highest BCUT2D eigenvalue weighted by Gasteiger charge is 2.24. The quantitative estimate of drug-likeness (QED) is 0.513. The Morgan fingerprint density at radius 1 is 1.12 bits per heavy atom. The lowest BCUT2D eigenvalue weighted by Gasteiger charge is -2.28. The molecule has 174 valence electrons. The van der Waals surface area contributed by atoms with Gasteiger partial charge in [0.15, 0.2) is 16.6 Å². The van der Waals surface area contributed by atoms with Crippen LogP contribution in [-0.2, 0) is 4.74 Å². The van der Waals surface area contributed by atoms with Crippen LogP contribution in [-0.4, -0.2) is 68.4 Å². The monoisotopic (exact) mass is 487 g/mol. The Balaban J connectivity index is 1.43. The van der Waals surface area contributed by atoms with Crippen LogP contribution in [0.1, 0.15) is 22.3 Å². The molecule has 0 aliphatic carbocycles. The largest absolute Gasteiger partial charge is 0.486 e. The predicted octanol–water partition coefficient (Wildman–Crippen LogP) is 4.40. The van der Waals surface area contributed by atoms with Gasteiger partial charge in [0.25, 0.3) is 5.91 Å². The van der Waals surface area contributed by atoms with Gasteiger partial charge in [0.2, 0.25) is 0 Å². The van der Waals surface area contributed by atoms with E-state index in [9.17, 15) is 4.79 Å². The molecular formula is C24H26ClN3O4S. The van der Waals surface area contributed by atoms with Crippen LogP contribution in [0.15, 0.2) is 30.3 Å². The van der Waals surface area contributed by atoms with Crippen LogP contribution in [0.4, 0.5) is 5.13 Å². The van der Waals surface area contributed by atoms with Gasteiger partial charge in [-0.3, -0.25) is 14.6 Å². The maximum atomic E-state index is 13.7. The SMILES string of the molecule is Cc1c(Cl)ccc2sc(N(CCCN3CCOCC3)C(=O)c3ccc4c(c3)OCCO4)nc12. The van der Waals surface area contributed by atoms with Gasteiger partial charge in [-0.15, -0.1) is 0 Å². The minimum Gasteiger partial charge on any atom is -0.486 e. The summed E-state index contributed by atoms with van der Waals surface area (Å²) < 4.78 is 17.8. The first-order valence-corrected chi connectivity index (χ1v) is 12.4. The van der Waals surface area contributed by atoms with Crippen molar-refractivity contribution in [1.29, 1.82) is 0 Å². The number of aryl methyl sites for hydroxylation is 1. The molecule has 0 unspecified atom stereocenters. The van der Waals surface area contributed by atoms with Crippen molar-refractivity contribution in [2.75, 3.05) is 57.5 Å². The second kappa shape index (κ2) is 9.85. The highest BCUT2D eigenvalue weighted by Crippen LogP contribution is 2.35. The molecule has 1 aromatic heterocycles. The molecule has 0 atom stereocenters. The number of carbonyl (C=O) groups is 1. The fraction of sp³-hybridized carbons (Fsp3) is 0.417. The molecule has 1 fully saturated rings. The number of hydrogen-bond acceptors (Lipinski definition) is 7. The summed E-state index contributed by atoms with van der Waals surface area (Å²) in [6.45, 7) is 7.80. The van der Waals surface area contributed by atoms with Gasteiger partial charge < -0.3 is 14.2 Å². The topological polar surface area (TPSA) is 64.1 Å². The fourth-order valence-electron chi connectivity index (χ4n) is 4.10. The molecule has 7 nitrogen and oxygen atoms in total. The van der Waals surface area contributed by atoms with E-state index >= 15 is 0 Å². The Hall–Kier alpha value is -2.39. The lowest BCUT2D eigenvalue weighted by Crippen LogP contribution is -2.39. The van der Waals surface area contributed by atoms with E-state index in [2.05, 4.69) is 4.90 Å². The average Bonchev–Trinajstić information content (AvgIpc) is 3.29. The second-order valence-corrected chi connectivity index (χ2v) is 9.55. The highest BCUT2D eigenvalue weighted by atomic mass is 35.5. The lowest BCUT2D eigenvalue weighted by atomic mass is 10.1. The zero-order chi connectivity index (χ0) is 22.8. The van der Waals surface area contributed by atoms with Crippen molar-refractivity contribution >= 4 is 44.2 Å². The Morgan fingerprint density at radius 2 is 1.91 bits per heavy atom. The number of amides is 1. The molecule has 5 rings (SSSR count). The van der Waals surface area contributed by atoms with Gasteiger partial charge >= 0.3 is 0 Å². The summed E-state index contributed by atoms with van der Waals surface area (Å²) in [6.07, 6.45) is 0.839. The van der Waals surface area contributed by atoms with Crippen LogP contribution >= 0.6 is 22.9 Å². The number of anilines is 1. The number of ether oxygens (including phenoxy) is 3. The third-order valence-electron chi connectivity index (χ3n) is 5.96. The van der Waals surface area contributed by atoms with Gasteiger partial charge in [0, 0.05) is 36.8 Å². The predicted molar refractivity (Wildman–Crippen MR) is 130 cm³/mol. The molecule has 9 heteroatoms. The van der Waals surface area contributed by atoms with E-state index in [1.165, 1.54) is 11.3 Å². The van der Waals surface area contributed by atoms with E-state index in [-0.39, 0.29) is 5.91 Å². The highest BCUT2D eigenvalue weighted by molar-refractivity contribution is 7.22. The zero-order valence-corrected chi connectivity index (χ0v) is 20.1. The molecule has 1 amide bonds. The minimum absolute atomic E-state index is 0.100. The molecule has 3 aromatic rings. The number of aromatic nitrogens is 1. The van der Waals surface area contributed by atoms with E-state index in [1.807, 2.05) is 19.1 Å². The standard InChI is InChI=1S/C24H26ClN3O4S/c1-16-18(25)4-6-21-22(16)26-24(33-21)28(8-2-7-27-9-11-30-12-10-27)23(29)17-3-5-19-20(15-17)32-14-13-31-19/h3-6,15H,2,7-14H2,1H3. The number of benzene rings is 2. The molecular weight excluding hydrogens is 462 g/mol. The van der Waals surface area contributed by atoms with Crippen LogP contribution in [0.2, 0.25) is 5.02 Å². The maximum Gasteiger partial charge on any atom is 0.260 e. The second-order valence-electron chi connectivity index (χ2n) is 8.14. The number of fused-ring (bicyclic) bond motifs is 2. The summed E-state index contributed by atoms with van der Waals surface area (Å²) in [6, 6.07) is 9.20.